The number of hydrogen-bond acceptors (Lipinski definition) is 3. The van der Waals surface area contributed by atoms with Crippen LogP contribution in [0, 0.1) is 0 Å². The zero-order valence-electron chi connectivity index (χ0n) is 16.2. The first-order valence-electron chi connectivity index (χ1n) is 9.19. The second kappa shape index (κ2) is 13.6. The summed E-state index contributed by atoms with van der Waals surface area (Å²) >= 11 is 15.6. The average molecular weight is 512 g/mol. The minimum absolute atomic E-state index is 0. The Labute approximate surface area is 192 Å². The van der Waals surface area contributed by atoms with Crippen molar-refractivity contribution in [3.63, 3.8) is 0 Å². The molecule has 0 aliphatic heterocycles. The molecule has 1 N–H and O–H groups in total. The molecule has 2 aromatic rings. The number of halogens is 4. The van der Waals surface area contributed by atoms with Crippen LogP contribution in [0.1, 0.15) is 43.7 Å². The summed E-state index contributed by atoms with van der Waals surface area (Å²) in [5.74, 6) is 1.38. The van der Waals surface area contributed by atoms with Crippen LogP contribution in [0.15, 0.2) is 34.8 Å². The molecule has 28 heavy (non-hydrogen) atoms. The maximum atomic E-state index is 6.07. The van der Waals surface area contributed by atoms with E-state index in [-0.39, 0.29) is 12.4 Å². The Morgan fingerprint density at radius 2 is 1.79 bits per heavy atom. The quantitative estimate of drug-likeness (QED) is 0.318. The van der Waals surface area contributed by atoms with Crippen molar-refractivity contribution >= 4 is 51.5 Å². The topological polar surface area (TPSA) is 30.5 Å². The van der Waals surface area contributed by atoms with E-state index in [1.54, 1.807) is 19.2 Å². The molecule has 0 aromatic heterocycles. The van der Waals surface area contributed by atoms with E-state index < -0.39 is 0 Å². The highest BCUT2D eigenvalue weighted by Gasteiger charge is 2.12. The van der Waals surface area contributed by atoms with Crippen LogP contribution in [0.3, 0.4) is 0 Å². The minimum Gasteiger partial charge on any atom is -0.493 e. The first-order chi connectivity index (χ1) is 13.0. The Bertz CT molecular complexity index is 744. The van der Waals surface area contributed by atoms with Gasteiger partial charge in [0, 0.05) is 6.54 Å². The molecule has 0 heterocycles. The van der Waals surface area contributed by atoms with Gasteiger partial charge in [0.1, 0.15) is 6.61 Å². The molecule has 0 radical (unpaired) electrons. The zero-order valence-corrected chi connectivity index (χ0v) is 20.1. The molecule has 156 valence electrons. The normalized spacial score (nSPS) is 10.5. The van der Waals surface area contributed by atoms with Gasteiger partial charge in [-0.1, -0.05) is 55.5 Å². The van der Waals surface area contributed by atoms with Crippen molar-refractivity contribution in [1.82, 2.24) is 5.32 Å². The number of hydrogen-bond donors (Lipinski definition) is 1. The summed E-state index contributed by atoms with van der Waals surface area (Å²) in [4.78, 5) is 0. The number of rotatable bonds is 11. The molecule has 7 heteroatoms. The molecule has 0 aliphatic rings. The smallest absolute Gasteiger partial charge is 0.175 e. The molecule has 0 fully saturated rings. The Morgan fingerprint density at radius 3 is 2.46 bits per heavy atom. The van der Waals surface area contributed by atoms with Crippen LogP contribution in [0.2, 0.25) is 10.0 Å². The molecule has 0 aliphatic carbocycles. The number of benzene rings is 2. The van der Waals surface area contributed by atoms with Crippen LogP contribution in [0.5, 0.6) is 11.5 Å². The van der Waals surface area contributed by atoms with Gasteiger partial charge in [-0.3, -0.25) is 0 Å². The van der Waals surface area contributed by atoms with Gasteiger partial charge in [-0.25, -0.2) is 0 Å². The molecule has 2 aromatic carbocycles. The Morgan fingerprint density at radius 1 is 1.00 bits per heavy atom. The van der Waals surface area contributed by atoms with Crippen LogP contribution in [0.25, 0.3) is 0 Å². The molecule has 0 atom stereocenters. The van der Waals surface area contributed by atoms with Crippen molar-refractivity contribution in [2.24, 2.45) is 0 Å². The lowest BCUT2D eigenvalue weighted by molar-refractivity contribution is 0.282. The van der Waals surface area contributed by atoms with E-state index in [1.807, 2.05) is 12.1 Å². The summed E-state index contributed by atoms with van der Waals surface area (Å²) in [7, 11) is 1.65. The van der Waals surface area contributed by atoms with Crippen LogP contribution in [0.4, 0.5) is 0 Å². The molecule has 0 unspecified atom stereocenters. The summed E-state index contributed by atoms with van der Waals surface area (Å²) in [5, 5.41) is 4.53. The Balaban J connectivity index is 0.00000392. The number of nitrogens with one attached hydrogen (secondary N) is 1. The number of ether oxygens (including phenoxy) is 2. The van der Waals surface area contributed by atoms with Gasteiger partial charge in [0.15, 0.2) is 11.5 Å². The average Bonchev–Trinajstić information content (AvgIpc) is 2.66. The highest BCUT2D eigenvalue weighted by Crippen LogP contribution is 2.37. The molecule has 0 bridgehead atoms. The monoisotopic (exact) mass is 509 g/mol. The molecule has 2 rings (SSSR count). The third-order valence-corrected chi connectivity index (χ3v) is 5.52. The van der Waals surface area contributed by atoms with E-state index in [9.17, 15) is 0 Å². The van der Waals surface area contributed by atoms with Gasteiger partial charge in [-0.05, 0) is 64.3 Å². The lowest BCUT2D eigenvalue weighted by atomic mass is 10.2. The third-order valence-electron chi connectivity index (χ3n) is 4.19. The van der Waals surface area contributed by atoms with Crippen molar-refractivity contribution in [2.75, 3.05) is 13.7 Å². The number of methoxy groups -OCH3 is 1. The Kier molecular flexibility index (Phi) is 12.3. The fourth-order valence-corrected chi connectivity index (χ4v) is 3.63. The fraction of sp³-hybridized carbons (Fsp3) is 0.429. The minimum atomic E-state index is 0. The van der Waals surface area contributed by atoms with Crippen molar-refractivity contribution in [1.29, 1.82) is 0 Å². The van der Waals surface area contributed by atoms with Crippen molar-refractivity contribution < 1.29 is 9.47 Å². The molecule has 0 saturated heterocycles. The summed E-state index contributed by atoms with van der Waals surface area (Å²) in [6, 6.07) is 9.54. The molecular formula is C21H27BrCl3NO2. The zero-order chi connectivity index (χ0) is 19.6. The standard InChI is InChI=1S/C21H26BrCl2NO2.ClH/c1-3-4-5-6-9-25-13-16-10-17(22)21(20(12-16)26-2)27-14-15-7-8-18(23)19(24)11-15;/h7-8,10-12,25H,3-6,9,13-14H2,1-2H3;1H. The summed E-state index contributed by atoms with van der Waals surface area (Å²) in [5.41, 5.74) is 2.09. The molecule has 0 spiro atoms. The van der Waals surface area contributed by atoms with Crippen molar-refractivity contribution in [2.45, 2.75) is 45.8 Å². The van der Waals surface area contributed by atoms with Crippen LogP contribution in [-0.4, -0.2) is 13.7 Å². The van der Waals surface area contributed by atoms with E-state index in [2.05, 4.69) is 34.2 Å². The SMILES string of the molecule is CCCCCCNCc1cc(Br)c(OCc2ccc(Cl)c(Cl)c2)c(OC)c1.Cl. The van der Waals surface area contributed by atoms with Gasteiger partial charge < -0.3 is 14.8 Å². The largest absolute Gasteiger partial charge is 0.493 e. The van der Waals surface area contributed by atoms with E-state index in [0.717, 1.165) is 28.7 Å². The van der Waals surface area contributed by atoms with Crippen LogP contribution < -0.4 is 14.8 Å². The van der Waals surface area contributed by atoms with Gasteiger partial charge in [0.2, 0.25) is 0 Å². The molecule has 3 nitrogen and oxygen atoms in total. The van der Waals surface area contributed by atoms with Gasteiger partial charge in [-0.15, -0.1) is 12.4 Å². The first kappa shape index (κ1) is 25.4. The predicted octanol–water partition coefficient (Wildman–Crippen LogP) is 7.44. The maximum Gasteiger partial charge on any atom is 0.175 e. The van der Waals surface area contributed by atoms with E-state index >= 15 is 0 Å². The maximum absolute atomic E-state index is 6.07. The molecular weight excluding hydrogens is 484 g/mol. The summed E-state index contributed by atoms with van der Waals surface area (Å²) < 4.78 is 12.4. The lowest BCUT2D eigenvalue weighted by Crippen LogP contribution is -2.14. The second-order valence-corrected chi connectivity index (χ2v) is 8.05. The van der Waals surface area contributed by atoms with Gasteiger partial charge in [0.05, 0.1) is 21.6 Å². The van der Waals surface area contributed by atoms with Gasteiger partial charge in [-0.2, -0.15) is 0 Å². The summed E-state index contributed by atoms with van der Waals surface area (Å²) in [6.45, 7) is 4.42. The van der Waals surface area contributed by atoms with Gasteiger partial charge >= 0.3 is 0 Å². The van der Waals surface area contributed by atoms with E-state index in [4.69, 9.17) is 32.7 Å². The first-order valence-corrected chi connectivity index (χ1v) is 10.7. The van der Waals surface area contributed by atoms with Gasteiger partial charge in [0.25, 0.3) is 0 Å². The molecule has 0 saturated carbocycles. The lowest BCUT2D eigenvalue weighted by Gasteiger charge is -2.15. The Hall–Kier alpha value is -0.650. The third kappa shape index (κ3) is 8.00. The van der Waals surface area contributed by atoms with Crippen molar-refractivity contribution in [3.8, 4) is 11.5 Å². The van der Waals surface area contributed by atoms with E-state index in [0.29, 0.717) is 28.2 Å². The summed E-state index contributed by atoms with van der Waals surface area (Å²) in [6.07, 6.45) is 5.04. The highest BCUT2D eigenvalue weighted by molar-refractivity contribution is 9.10. The van der Waals surface area contributed by atoms with E-state index in [1.165, 1.54) is 25.7 Å². The van der Waals surface area contributed by atoms with Crippen LogP contribution >= 0.6 is 51.5 Å². The second-order valence-electron chi connectivity index (χ2n) is 6.38. The predicted molar refractivity (Wildman–Crippen MR) is 125 cm³/mol. The molecule has 0 amide bonds. The van der Waals surface area contributed by atoms with Crippen LogP contribution in [-0.2, 0) is 13.2 Å². The fourth-order valence-electron chi connectivity index (χ4n) is 2.71. The highest BCUT2D eigenvalue weighted by atomic mass is 79.9. The van der Waals surface area contributed by atoms with Crippen molar-refractivity contribution in [3.05, 3.63) is 56.0 Å². The number of unbranched alkanes of at least 4 members (excludes halogenated alkanes) is 3.